The highest BCUT2D eigenvalue weighted by atomic mass is 15.0. The van der Waals surface area contributed by atoms with E-state index >= 15 is 0 Å². The van der Waals surface area contributed by atoms with Crippen LogP contribution >= 0.6 is 0 Å². The van der Waals surface area contributed by atoms with Crippen LogP contribution in [0, 0.1) is 0 Å². The molecule has 2 heterocycles. The smallest absolute Gasteiger partial charge is 0.0973 e. The second kappa shape index (κ2) is 5.02. The van der Waals surface area contributed by atoms with Gasteiger partial charge in [0.1, 0.15) is 0 Å². The predicted molar refractivity (Wildman–Crippen MR) is 87.6 cm³/mol. The lowest BCUT2D eigenvalue weighted by Crippen LogP contribution is -1.92. The van der Waals surface area contributed by atoms with Crippen LogP contribution in [0.4, 0.5) is 11.4 Å². The Balaban J connectivity index is 1.89. The fourth-order valence-corrected chi connectivity index (χ4v) is 2.73. The number of pyridine rings is 1. The number of hydrogen-bond donors (Lipinski definition) is 1. The number of fused-ring (bicyclic) bond motifs is 2. The molecule has 3 aromatic rings. The van der Waals surface area contributed by atoms with Gasteiger partial charge in [-0.25, -0.2) is 0 Å². The van der Waals surface area contributed by atoms with Gasteiger partial charge >= 0.3 is 0 Å². The maximum Gasteiger partial charge on any atom is 0.0973 e. The van der Waals surface area contributed by atoms with E-state index in [1.54, 1.807) is 0 Å². The second-order valence-electron chi connectivity index (χ2n) is 5.14. The summed E-state index contributed by atoms with van der Waals surface area (Å²) in [6.07, 6.45) is 2.88. The molecule has 0 radical (unpaired) electrons. The minimum atomic E-state index is 0.937. The average molecular weight is 273 g/mol. The lowest BCUT2D eigenvalue weighted by atomic mass is 10.1. The summed E-state index contributed by atoms with van der Waals surface area (Å²) in [6.45, 7) is 0.937. The summed E-state index contributed by atoms with van der Waals surface area (Å²) in [5, 5.41) is 4.52. The molecule has 1 aliphatic heterocycles. The molecule has 0 fully saturated rings. The summed E-state index contributed by atoms with van der Waals surface area (Å²) in [5.74, 6) is 0. The third-order valence-electron chi connectivity index (χ3n) is 3.75. The molecule has 1 aliphatic rings. The normalized spacial score (nSPS) is 13.5. The van der Waals surface area contributed by atoms with E-state index in [2.05, 4.69) is 29.6 Å². The van der Waals surface area contributed by atoms with Gasteiger partial charge in [0.25, 0.3) is 0 Å². The molecule has 0 unspecified atom stereocenters. The molecule has 1 N–H and O–H groups in total. The van der Waals surface area contributed by atoms with Crippen LogP contribution in [0.1, 0.15) is 11.3 Å². The van der Waals surface area contributed by atoms with Crippen molar-refractivity contribution in [3.05, 3.63) is 65.9 Å². The third kappa shape index (κ3) is 2.17. The standard InChI is InChI=1S/C18H15N3/c1-2-6-13(7-3-1)12-20-17-14-8-4-5-9-15(14)21-16-10-11-19-18(16)17/h1-9,12,19H,10-11H2/b20-12+. The van der Waals surface area contributed by atoms with E-state index in [0.717, 1.165) is 46.5 Å². The summed E-state index contributed by atoms with van der Waals surface area (Å²) in [6, 6.07) is 18.4. The molecule has 0 amide bonds. The maximum atomic E-state index is 4.75. The van der Waals surface area contributed by atoms with Crippen molar-refractivity contribution in [1.82, 2.24) is 4.98 Å². The van der Waals surface area contributed by atoms with Crippen LogP contribution in [0.3, 0.4) is 0 Å². The van der Waals surface area contributed by atoms with Crippen molar-refractivity contribution >= 4 is 28.5 Å². The van der Waals surface area contributed by atoms with Gasteiger partial charge in [-0.2, -0.15) is 0 Å². The lowest BCUT2D eigenvalue weighted by Gasteiger charge is -2.08. The van der Waals surface area contributed by atoms with E-state index in [9.17, 15) is 0 Å². The number of para-hydroxylation sites is 1. The van der Waals surface area contributed by atoms with Gasteiger partial charge in [0, 0.05) is 24.6 Å². The van der Waals surface area contributed by atoms with Crippen LogP contribution in [0.2, 0.25) is 0 Å². The SMILES string of the molecule is C(=N\c1c2c(nc3ccccc13)CCN2)/c1ccccc1. The lowest BCUT2D eigenvalue weighted by molar-refractivity contribution is 1.06. The Morgan fingerprint density at radius 1 is 1.00 bits per heavy atom. The number of benzene rings is 2. The molecular weight excluding hydrogens is 258 g/mol. The second-order valence-corrected chi connectivity index (χ2v) is 5.14. The number of nitrogens with one attached hydrogen (secondary N) is 1. The van der Waals surface area contributed by atoms with Crippen molar-refractivity contribution in [3.8, 4) is 0 Å². The fourth-order valence-electron chi connectivity index (χ4n) is 2.73. The number of nitrogens with zero attached hydrogens (tertiary/aromatic N) is 2. The number of rotatable bonds is 2. The Kier molecular flexibility index (Phi) is 2.89. The van der Waals surface area contributed by atoms with Crippen LogP contribution in [-0.4, -0.2) is 17.7 Å². The van der Waals surface area contributed by atoms with Crippen LogP contribution < -0.4 is 5.32 Å². The van der Waals surface area contributed by atoms with Gasteiger partial charge in [-0.1, -0.05) is 48.5 Å². The highest BCUT2D eigenvalue weighted by Gasteiger charge is 2.18. The first-order chi connectivity index (χ1) is 10.4. The van der Waals surface area contributed by atoms with E-state index in [1.807, 2.05) is 36.5 Å². The van der Waals surface area contributed by atoms with E-state index < -0.39 is 0 Å². The molecule has 0 atom stereocenters. The Labute approximate surface area is 123 Å². The van der Waals surface area contributed by atoms with Gasteiger partial charge in [-0.3, -0.25) is 9.98 Å². The molecular formula is C18H15N3. The topological polar surface area (TPSA) is 37.3 Å². The van der Waals surface area contributed by atoms with Crippen molar-refractivity contribution in [1.29, 1.82) is 0 Å². The molecule has 0 bridgehead atoms. The number of aromatic nitrogens is 1. The van der Waals surface area contributed by atoms with E-state index in [1.165, 1.54) is 0 Å². The summed E-state index contributed by atoms with van der Waals surface area (Å²) < 4.78 is 0. The first-order valence-corrected chi connectivity index (χ1v) is 7.16. The number of anilines is 1. The Hall–Kier alpha value is -2.68. The molecule has 21 heavy (non-hydrogen) atoms. The van der Waals surface area contributed by atoms with E-state index in [4.69, 9.17) is 9.98 Å². The Bertz CT molecular complexity index is 822. The zero-order valence-corrected chi connectivity index (χ0v) is 11.6. The molecule has 1 aromatic heterocycles. The number of hydrogen-bond acceptors (Lipinski definition) is 3. The fraction of sp³-hybridized carbons (Fsp3) is 0.111. The molecule has 2 aromatic carbocycles. The zero-order chi connectivity index (χ0) is 14.1. The van der Waals surface area contributed by atoms with Gasteiger partial charge in [0.15, 0.2) is 0 Å². The van der Waals surface area contributed by atoms with Crippen LogP contribution in [0.15, 0.2) is 59.6 Å². The van der Waals surface area contributed by atoms with E-state index in [0.29, 0.717) is 0 Å². The summed E-state index contributed by atoms with van der Waals surface area (Å²) >= 11 is 0. The average Bonchev–Trinajstić information content (AvgIpc) is 3.00. The maximum absolute atomic E-state index is 4.75. The first kappa shape index (κ1) is 12.1. The van der Waals surface area contributed by atoms with Crippen molar-refractivity contribution < 1.29 is 0 Å². The molecule has 0 aliphatic carbocycles. The predicted octanol–water partition coefficient (Wildman–Crippen LogP) is 3.95. The summed E-state index contributed by atoms with van der Waals surface area (Å²) in [4.78, 5) is 9.48. The number of aliphatic imine (C=N–C) groups is 1. The highest BCUT2D eigenvalue weighted by molar-refractivity contribution is 6.00. The van der Waals surface area contributed by atoms with Crippen LogP contribution in [0.25, 0.3) is 10.9 Å². The molecule has 102 valence electrons. The van der Waals surface area contributed by atoms with Crippen molar-refractivity contribution in [2.24, 2.45) is 4.99 Å². The summed E-state index contributed by atoms with van der Waals surface area (Å²) in [7, 11) is 0. The molecule has 3 heteroatoms. The Morgan fingerprint density at radius 3 is 2.71 bits per heavy atom. The van der Waals surface area contributed by atoms with Crippen molar-refractivity contribution in [2.75, 3.05) is 11.9 Å². The van der Waals surface area contributed by atoms with Gasteiger partial charge in [-0.15, -0.1) is 0 Å². The van der Waals surface area contributed by atoms with Crippen molar-refractivity contribution in [2.45, 2.75) is 6.42 Å². The molecule has 3 nitrogen and oxygen atoms in total. The first-order valence-electron chi connectivity index (χ1n) is 7.16. The largest absolute Gasteiger partial charge is 0.381 e. The third-order valence-corrected chi connectivity index (χ3v) is 3.75. The molecule has 0 spiro atoms. The van der Waals surface area contributed by atoms with Gasteiger partial charge < -0.3 is 5.32 Å². The molecule has 4 rings (SSSR count). The van der Waals surface area contributed by atoms with Crippen LogP contribution in [-0.2, 0) is 6.42 Å². The molecule has 0 saturated heterocycles. The molecule has 0 saturated carbocycles. The van der Waals surface area contributed by atoms with Gasteiger partial charge in [0.2, 0.25) is 0 Å². The zero-order valence-electron chi connectivity index (χ0n) is 11.6. The minimum Gasteiger partial charge on any atom is -0.381 e. The van der Waals surface area contributed by atoms with Gasteiger partial charge in [-0.05, 0) is 11.6 Å². The van der Waals surface area contributed by atoms with Crippen LogP contribution in [0.5, 0.6) is 0 Å². The van der Waals surface area contributed by atoms with Gasteiger partial charge in [0.05, 0.1) is 22.6 Å². The monoisotopic (exact) mass is 273 g/mol. The Morgan fingerprint density at radius 2 is 1.81 bits per heavy atom. The highest BCUT2D eigenvalue weighted by Crippen LogP contribution is 2.37. The quantitative estimate of drug-likeness (QED) is 0.718. The van der Waals surface area contributed by atoms with Crippen molar-refractivity contribution in [3.63, 3.8) is 0 Å². The summed E-state index contributed by atoms with van der Waals surface area (Å²) in [5.41, 5.74) is 5.32. The van der Waals surface area contributed by atoms with E-state index in [-0.39, 0.29) is 0 Å². The minimum absolute atomic E-state index is 0.937.